The lowest BCUT2D eigenvalue weighted by Crippen LogP contribution is -2.37. The SMILES string of the molecule is O=C(C[C@]1(O)CC[C@H](c2cncc3ccccc32)CC1)Nc1ccc(F)cc1. The number of nitrogens with one attached hydrogen (secondary N) is 1. The Bertz CT molecular complexity index is 974. The van der Waals surface area contributed by atoms with Crippen molar-refractivity contribution in [2.75, 3.05) is 5.32 Å². The van der Waals surface area contributed by atoms with Crippen LogP contribution in [0.3, 0.4) is 0 Å². The van der Waals surface area contributed by atoms with Crippen molar-refractivity contribution >= 4 is 22.4 Å². The molecule has 2 N–H and O–H groups in total. The van der Waals surface area contributed by atoms with Crippen molar-refractivity contribution in [2.45, 2.75) is 43.6 Å². The summed E-state index contributed by atoms with van der Waals surface area (Å²) < 4.78 is 13.0. The number of halogens is 1. The summed E-state index contributed by atoms with van der Waals surface area (Å²) >= 11 is 0. The summed E-state index contributed by atoms with van der Waals surface area (Å²) in [4.78, 5) is 16.7. The smallest absolute Gasteiger partial charge is 0.227 e. The fourth-order valence-corrected chi connectivity index (χ4v) is 4.15. The van der Waals surface area contributed by atoms with E-state index in [0.29, 0.717) is 24.4 Å². The molecular formula is C23H23FN2O2. The molecule has 3 aromatic rings. The minimum atomic E-state index is -1.00. The number of fused-ring (bicyclic) bond motifs is 1. The fraction of sp³-hybridized carbons (Fsp3) is 0.304. The van der Waals surface area contributed by atoms with Gasteiger partial charge in [0.25, 0.3) is 0 Å². The van der Waals surface area contributed by atoms with Crippen molar-refractivity contribution in [1.82, 2.24) is 4.98 Å². The number of hydrogen-bond donors (Lipinski definition) is 2. The van der Waals surface area contributed by atoms with Crippen LogP contribution in [0.25, 0.3) is 10.8 Å². The van der Waals surface area contributed by atoms with Gasteiger partial charge in [-0.25, -0.2) is 4.39 Å². The predicted octanol–water partition coefficient (Wildman–Crippen LogP) is 4.79. The molecule has 1 aliphatic rings. The molecule has 1 aliphatic carbocycles. The highest BCUT2D eigenvalue weighted by Gasteiger charge is 2.36. The number of carbonyl (C=O) groups is 1. The minimum absolute atomic E-state index is 0.0465. The van der Waals surface area contributed by atoms with Crippen LogP contribution in [0.1, 0.15) is 43.6 Å². The lowest BCUT2D eigenvalue weighted by molar-refractivity contribution is -0.122. The van der Waals surface area contributed by atoms with Crippen LogP contribution in [0.15, 0.2) is 60.9 Å². The van der Waals surface area contributed by atoms with E-state index >= 15 is 0 Å². The number of rotatable bonds is 4. The van der Waals surface area contributed by atoms with Crippen molar-refractivity contribution in [3.63, 3.8) is 0 Å². The quantitative estimate of drug-likeness (QED) is 0.686. The van der Waals surface area contributed by atoms with E-state index in [1.807, 2.05) is 24.5 Å². The Morgan fingerprint density at radius 1 is 1.11 bits per heavy atom. The van der Waals surface area contributed by atoms with Gasteiger partial charge in [-0.05, 0) is 66.8 Å². The molecule has 28 heavy (non-hydrogen) atoms. The summed E-state index contributed by atoms with van der Waals surface area (Å²) in [6.45, 7) is 0. The molecule has 0 aliphatic heterocycles. The molecular weight excluding hydrogens is 355 g/mol. The number of benzene rings is 2. The molecule has 2 aromatic carbocycles. The van der Waals surface area contributed by atoms with Crippen LogP contribution in [0.5, 0.6) is 0 Å². The molecule has 0 bridgehead atoms. The topological polar surface area (TPSA) is 62.2 Å². The van der Waals surface area contributed by atoms with E-state index in [0.717, 1.165) is 18.2 Å². The van der Waals surface area contributed by atoms with Gasteiger partial charge in [-0.3, -0.25) is 9.78 Å². The number of amides is 1. The molecule has 0 unspecified atom stereocenters. The van der Waals surface area contributed by atoms with Crippen LogP contribution in [0, 0.1) is 5.82 Å². The summed E-state index contributed by atoms with van der Waals surface area (Å²) in [6, 6.07) is 13.8. The largest absolute Gasteiger partial charge is 0.389 e. The van der Waals surface area contributed by atoms with E-state index in [-0.39, 0.29) is 18.1 Å². The molecule has 1 amide bonds. The third-order valence-electron chi connectivity index (χ3n) is 5.67. The monoisotopic (exact) mass is 378 g/mol. The van der Waals surface area contributed by atoms with E-state index in [2.05, 4.69) is 22.4 Å². The first kappa shape index (κ1) is 18.6. The summed E-state index contributed by atoms with van der Waals surface area (Å²) in [7, 11) is 0. The molecule has 1 saturated carbocycles. The van der Waals surface area contributed by atoms with Crippen LogP contribution >= 0.6 is 0 Å². The van der Waals surface area contributed by atoms with Gasteiger partial charge in [0.2, 0.25) is 5.91 Å². The third-order valence-corrected chi connectivity index (χ3v) is 5.67. The highest BCUT2D eigenvalue weighted by molar-refractivity contribution is 5.91. The molecule has 1 aromatic heterocycles. The van der Waals surface area contributed by atoms with Gasteiger partial charge in [0.05, 0.1) is 12.0 Å². The van der Waals surface area contributed by atoms with Crippen LogP contribution in [0.2, 0.25) is 0 Å². The Kier molecular flexibility index (Phi) is 5.09. The number of hydrogen-bond acceptors (Lipinski definition) is 3. The third kappa shape index (κ3) is 4.04. The number of aromatic nitrogens is 1. The maximum atomic E-state index is 13.0. The second-order valence-corrected chi connectivity index (χ2v) is 7.68. The first-order valence-corrected chi connectivity index (χ1v) is 9.63. The number of carbonyl (C=O) groups excluding carboxylic acids is 1. The normalized spacial score (nSPS) is 22.1. The van der Waals surface area contributed by atoms with E-state index in [1.54, 1.807) is 0 Å². The van der Waals surface area contributed by atoms with E-state index in [1.165, 1.54) is 35.2 Å². The van der Waals surface area contributed by atoms with Crippen molar-refractivity contribution in [3.8, 4) is 0 Å². The Balaban J connectivity index is 1.39. The molecule has 0 saturated heterocycles. The van der Waals surface area contributed by atoms with Crippen molar-refractivity contribution in [3.05, 3.63) is 72.3 Å². The van der Waals surface area contributed by atoms with Gasteiger partial charge < -0.3 is 10.4 Å². The van der Waals surface area contributed by atoms with E-state index < -0.39 is 5.60 Å². The van der Waals surface area contributed by atoms with Gasteiger partial charge in [0.15, 0.2) is 0 Å². The van der Waals surface area contributed by atoms with Gasteiger partial charge in [-0.1, -0.05) is 24.3 Å². The average Bonchev–Trinajstić information content (AvgIpc) is 2.70. The highest BCUT2D eigenvalue weighted by atomic mass is 19.1. The van der Waals surface area contributed by atoms with Gasteiger partial charge >= 0.3 is 0 Å². The number of nitrogens with zero attached hydrogens (tertiary/aromatic N) is 1. The molecule has 4 nitrogen and oxygen atoms in total. The second kappa shape index (κ2) is 7.68. The maximum Gasteiger partial charge on any atom is 0.227 e. The lowest BCUT2D eigenvalue weighted by Gasteiger charge is -2.36. The number of aliphatic hydroxyl groups is 1. The van der Waals surface area contributed by atoms with Gasteiger partial charge in [0, 0.05) is 23.5 Å². The minimum Gasteiger partial charge on any atom is -0.389 e. The Morgan fingerprint density at radius 2 is 1.82 bits per heavy atom. The molecule has 0 spiro atoms. The van der Waals surface area contributed by atoms with Crippen LogP contribution < -0.4 is 5.32 Å². The molecule has 5 heteroatoms. The van der Waals surface area contributed by atoms with E-state index in [4.69, 9.17) is 0 Å². The number of pyridine rings is 1. The average molecular weight is 378 g/mol. The summed E-state index contributed by atoms with van der Waals surface area (Å²) in [5.41, 5.74) is 0.750. The molecule has 144 valence electrons. The van der Waals surface area contributed by atoms with Crippen LogP contribution in [0.4, 0.5) is 10.1 Å². The standard InChI is InChI=1S/C23H23FN2O2/c24-18-5-7-19(8-6-18)26-22(27)13-23(28)11-9-16(10-12-23)21-15-25-14-17-3-1-2-4-20(17)21/h1-8,14-16,28H,9-13H2,(H,26,27)/t16-,23-. The second-order valence-electron chi connectivity index (χ2n) is 7.68. The molecule has 1 heterocycles. The number of anilines is 1. The fourth-order valence-electron chi connectivity index (χ4n) is 4.15. The Labute approximate surface area is 163 Å². The van der Waals surface area contributed by atoms with Crippen molar-refractivity contribution in [1.29, 1.82) is 0 Å². The van der Waals surface area contributed by atoms with Gasteiger partial charge in [0.1, 0.15) is 5.82 Å². The Morgan fingerprint density at radius 3 is 2.57 bits per heavy atom. The zero-order valence-corrected chi connectivity index (χ0v) is 15.6. The van der Waals surface area contributed by atoms with Gasteiger partial charge in [-0.2, -0.15) is 0 Å². The Hall–Kier alpha value is -2.79. The predicted molar refractivity (Wildman–Crippen MR) is 108 cm³/mol. The van der Waals surface area contributed by atoms with Crippen molar-refractivity contribution < 1.29 is 14.3 Å². The lowest BCUT2D eigenvalue weighted by atomic mass is 9.74. The highest BCUT2D eigenvalue weighted by Crippen LogP contribution is 2.41. The van der Waals surface area contributed by atoms with Crippen LogP contribution in [-0.4, -0.2) is 21.6 Å². The zero-order valence-electron chi connectivity index (χ0n) is 15.6. The van der Waals surface area contributed by atoms with E-state index in [9.17, 15) is 14.3 Å². The van der Waals surface area contributed by atoms with Crippen molar-refractivity contribution in [2.24, 2.45) is 0 Å². The first-order valence-electron chi connectivity index (χ1n) is 9.63. The molecule has 0 radical (unpaired) electrons. The van der Waals surface area contributed by atoms with Crippen LogP contribution in [-0.2, 0) is 4.79 Å². The first-order chi connectivity index (χ1) is 13.5. The zero-order chi connectivity index (χ0) is 19.6. The maximum absolute atomic E-state index is 13.0. The summed E-state index contributed by atoms with van der Waals surface area (Å²) in [6.07, 6.45) is 6.61. The molecule has 0 atom stereocenters. The molecule has 4 rings (SSSR count). The molecule has 1 fully saturated rings. The summed E-state index contributed by atoms with van der Waals surface area (Å²) in [5, 5.41) is 16.0. The summed E-state index contributed by atoms with van der Waals surface area (Å²) in [5.74, 6) is -0.267. The van der Waals surface area contributed by atoms with Gasteiger partial charge in [-0.15, -0.1) is 0 Å².